The average molecular weight is 299 g/mol. The van der Waals surface area contributed by atoms with Gasteiger partial charge in [-0.25, -0.2) is 4.68 Å². The minimum Gasteiger partial charge on any atom is -0.298 e. The molecular weight excluding hydrogens is 286 g/mol. The lowest BCUT2D eigenvalue weighted by Crippen LogP contribution is -2.29. The summed E-state index contributed by atoms with van der Waals surface area (Å²) in [7, 11) is 0. The summed E-state index contributed by atoms with van der Waals surface area (Å²) in [6, 6.07) is 11.0. The number of benzene rings is 1. The topological polar surface area (TPSA) is 64.8 Å². The molecule has 1 unspecified atom stereocenters. The fraction of sp³-hybridized carbons (Fsp3) is 0.200. The standard InChI is InChI=1S/C15H13N3O2S/c1-9(10(2)19)18-15(20)12-8-13(21-14(12)16-17-18)11-6-4-3-5-7-11/h3-9H,1-2H3. The van der Waals surface area contributed by atoms with Crippen molar-refractivity contribution >= 4 is 27.3 Å². The molecule has 0 aliphatic heterocycles. The van der Waals surface area contributed by atoms with Gasteiger partial charge in [-0.05, 0) is 25.5 Å². The number of rotatable bonds is 3. The maximum absolute atomic E-state index is 12.4. The van der Waals surface area contributed by atoms with E-state index in [0.717, 1.165) is 15.1 Å². The minimum atomic E-state index is -0.602. The number of thiophene rings is 1. The predicted molar refractivity (Wildman–Crippen MR) is 82.5 cm³/mol. The monoisotopic (exact) mass is 299 g/mol. The van der Waals surface area contributed by atoms with Gasteiger partial charge in [0.1, 0.15) is 6.04 Å². The van der Waals surface area contributed by atoms with Gasteiger partial charge >= 0.3 is 0 Å². The second kappa shape index (κ2) is 5.21. The predicted octanol–water partition coefficient (Wildman–Crippen LogP) is 2.67. The third kappa shape index (κ3) is 2.38. The van der Waals surface area contributed by atoms with E-state index >= 15 is 0 Å². The Bertz CT molecular complexity index is 868. The Kier molecular flexibility index (Phi) is 3.39. The summed E-state index contributed by atoms with van der Waals surface area (Å²) < 4.78 is 1.14. The molecule has 106 valence electrons. The van der Waals surface area contributed by atoms with Crippen LogP contribution in [0.1, 0.15) is 19.9 Å². The van der Waals surface area contributed by atoms with Gasteiger partial charge in [0.05, 0.1) is 5.39 Å². The van der Waals surface area contributed by atoms with E-state index in [4.69, 9.17) is 0 Å². The van der Waals surface area contributed by atoms with Crippen molar-refractivity contribution < 1.29 is 4.79 Å². The summed E-state index contributed by atoms with van der Waals surface area (Å²) in [5.74, 6) is -0.121. The summed E-state index contributed by atoms with van der Waals surface area (Å²) in [6.07, 6.45) is 0. The number of hydrogen-bond donors (Lipinski definition) is 0. The highest BCUT2D eigenvalue weighted by molar-refractivity contribution is 7.21. The second-order valence-corrected chi connectivity index (χ2v) is 5.85. The van der Waals surface area contributed by atoms with Gasteiger partial charge in [-0.3, -0.25) is 9.59 Å². The molecule has 2 aromatic heterocycles. The first-order valence-corrected chi connectivity index (χ1v) is 7.34. The Labute approximate surface area is 124 Å². The molecule has 0 amide bonds. The van der Waals surface area contributed by atoms with Crippen molar-refractivity contribution in [3.05, 3.63) is 46.8 Å². The number of nitrogens with zero attached hydrogens (tertiary/aromatic N) is 3. The molecule has 6 heteroatoms. The highest BCUT2D eigenvalue weighted by Gasteiger charge is 2.17. The highest BCUT2D eigenvalue weighted by atomic mass is 32.1. The molecule has 0 saturated carbocycles. The maximum atomic E-state index is 12.4. The van der Waals surface area contributed by atoms with E-state index < -0.39 is 6.04 Å². The molecule has 21 heavy (non-hydrogen) atoms. The Morgan fingerprint density at radius 1 is 1.29 bits per heavy atom. The van der Waals surface area contributed by atoms with Gasteiger partial charge in [-0.1, -0.05) is 35.5 Å². The highest BCUT2D eigenvalue weighted by Crippen LogP contribution is 2.30. The van der Waals surface area contributed by atoms with Crippen molar-refractivity contribution in [2.24, 2.45) is 0 Å². The molecule has 0 fully saturated rings. The molecule has 0 saturated heterocycles. The Morgan fingerprint density at radius 2 is 2.00 bits per heavy atom. The number of ketones is 1. The number of hydrogen-bond acceptors (Lipinski definition) is 5. The first-order valence-electron chi connectivity index (χ1n) is 6.53. The second-order valence-electron chi connectivity index (χ2n) is 4.82. The van der Waals surface area contributed by atoms with Crippen molar-refractivity contribution in [2.45, 2.75) is 19.9 Å². The molecule has 0 radical (unpaired) electrons. The summed E-state index contributed by atoms with van der Waals surface area (Å²) in [6.45, 7) is 3.08. The van der Waals surface area contributed by atoms with Crippen LogP contribution in [-0.4, -0.2) is 20.8 Å². The van der Waals surface area contributed by atoms with Gasteiger partial charge in [0.25, 0.3) is 5.56 Å². The van der Waals surface area contributed by atoms with E-state index in [2.05, 4.69) is 10.3 Å². The number of carbonyl (C=O) groups excluding carboxylic acids is 1. The smallest absolute Gasteiger partial charge is 0.279 e. The molecule has 0 aliphatic rings. The zero-order valence-electron chi connectivity index (χ0n) is 11.6. The molecule has 0 aliphatic carbocycles. The van der Waals surface area contributed by atoms with E-state index in [0.29, 0.717) is 10.2 Å². The lowest BCUT2D eigenvalue weighted by molar-refractivity contribution is -0.120. The molecule has 0 N–H and O–H groups in total. The van der Waals surface area contributed by atoms with Crippen molar-refractivity contribution in [3.63, 3.8) is 0 Å². The first-order chi connectivity index (χ1) is 10.1. The van der Waals surface area contributed by atoms with Crippen LogP contribution >= 0.6 is 11.3 Å². The van der Waals surface area contributed by atoms with Crippen LogP contribution in [0, 0.1) is 0 Å². The van der Waals surface area contributed by atoms with Crippen LogP contribution < -0.4 is 5.56 Å². The molecule has 1 atom stereocenters. The first kappa shape index (κ1) is 13.6. The summed E-state index contributed by atoms with van der Waals surface area (Å²) in [4.78, 5) is 25.4. The third-order valence-electron chi connectivity index (χ3n) is 3.40. The van der Waals surface area contributed by atoms with Crippen LogP contribution in [0.5, 0.6) is 0 Å². The number of carbonyl (C=O) groups is 1. The van der Waals surface area contributed by atoms with Crippen LogP contribution in [0.2, 0.25) is 0 Å². The SMILES string of the molecule is CC(=O)C(C)n1nnc2sc(-c3ccccc3)cc2c1=O. The molecule has 0 spiro atoms. The molecule has 5 nitrogen and oxygen atoms in total. The van der Waals surface area contributed by atoms with E-state index in [1.165, 1.54) is 18.3 Å². The Balaban J connectivity index is 2.17. The fourth-order valence-electron chi connectivity index (χ4n) is 2.03. The number of fused-ring (bicyclic) bond motifs is 1. The lowest BCUT2D eigenvalue weighted by atomic mass is 10.2. The van der Waals surface area contributed by atoms with Gasteiger partial charge in [0.15, 0.2) is 10.6 Å². The van der Waals surface area contributed by atoms with Crippen LogP contribution in [0.15, 0.2) is 41.2 Å². The fourth-order valence-corrected chi connectivity index (χ4v) is 3.00. The minimum absolute atomic E-state index is 0.121. The van der Waals surface area contributed by atoms with E-state index in [9.17, 15) is 9.59 Å². The summed E-state index contributed by atoms with van der Waals surface area (Å²) >= 11 is 1.42. The Hall–Kier alpha value is -2.34. The molecule has 2 heterocycles. The van der Waals surface area contributed by atoms with Crippen molar-refractivity contribution in [2.75, 3.05) is 0 Å². The van der Waals surface area contributed by atoms with Gasteiger partial charge in [-0.2, -0.15) is 0 Å². The van der Waals surface area contributed by atoms with Gasteiger partial charge in [-0.15, -0.1) is 16.4 Å². The molecule has 3 rings (SSSR count). The lowest BCUT2D eigenvalue weighted by Gasteiger charge is -2.08. The maximum Gasteiger partial charge on any atom is 0.279 e. The third-order valence-corrected chi connectivity index (χ3v) is 4.46. The van der Waals surface area contributed by atoms with Gasteiger partial charge in [0, 0.05) is 4.88 Å². The van der Waals surface area contributed by atoms with Gasteiger partial charge in [0.2, 0.25) is 0 Å². The Morgan fingerprint density at radius 3 is 2.67 bits per heavy atom. The normalized spacial score (nSPS) is 12.5. The van der Waals surface area contributed by atoms with Crippen LogP contribution in [-0.2, 0) is 4.79 Å². The number of aromatic nitrogens is 3. The quantitative estimate of drug-likeness (QED) is 0.746. The molecule has 3 aromatic rings. The van der Waals surface area contributed by atoms with Crippen molar-refractivity contribution in [3.8, 4) is 10.4 Å². The molecule has 0 bridgehead atoms. The van der Waals surface area contributed by atoms with E-state index in [1.54, 1.807) is 6.92 Å². The van der Waals surface area contributed by atoms with Gasteiger partial charge < -0.3 is 0 Å². The van der Waals surface area contributed by atoms with Crippen LogP contribution in [0.3, 0.4) is 0 Å². The zero-order valence-corrected chi connectivity index (χ0v) is 12.4. The van der Waals surface area contributed by atoms with E-state index in [-0.39, 0.29) is 11.3 Å². The van der Waals surface area contributed by atoms with Crippen LogP contribution in [0.25, 0.3) is 20.7 Å². The van der Waals surface area contributed by atoms with Crippen molar-refractivity contribution in [1.29, 1.82) is 0 Å². The summed E-state index contributed by atoms with van der Waals surface area (Å²) in [5, 5.41) is 8.45. The largest absolute Gasteiger partial charge is 0.298 e. The average Bonchev–Trinajstić information content (AvgIpc) is 2.93. The molecule has 1 aromatic carbocycles. The number of Topliss-reactive ketones (excluding diaryl/α,β-unsaturated/α-hetero) is 1. The molecular formula is C15H13N3O2S. The summed E-state index contributed by atoms with van der Waals surface area (Å²) in [5.41, 5.74) is 0.757. The van der Waals surface area contributed by atoms with Crippen LogP contribution in [0.4, 0.5) is 0 Å². The van der Waals surface area contributed by atoms with Crippen molar-refractivity contribution in [1.82, 2.24) is 15.0 Å². The van der Waals surface area contributed by atoms with E-state index in [1.807, 2.05) is 36.4 Å². The zero-order chi connectivity index (χ0) is 15.0.